The predicted octanol–water partition coefficient (Wildman–Crippen LogP) is 0.0994. The summed E-state index contributed by atoms with van der Waals surface area (Å²) < 4.78 is 25.4. The van der Waals surface area contributed by atoms with Crippen LogP contribution in [0.5, 0.6) is 0 Å². The SMILES string of the molecule is O=C(O)C1=NC2NC=CC(=O)C2=C1C(F)F. The van der Waals surface area contributed by atoms with Crippen LogP contribution in [0.4, 0.5) is 8.78 Å². The molecule has 0 spiro atoms. The van der Waals surface area contributed by atoms with Crippen LogP contribution in [0, 0.1) is 0 Å². The molecule has 2 aliphatic rings. The number of aliphatic carboxylic acids is 1. The molecule has 0 aromatic rings. The van der Waals surface area contributed by atoms with E-state index in [0.29, 0.717) is 0 Å². The lowest BCUT2D eigenvalue weighted by Crippen LogP contribution is -2.31. The topological polar surface area (TPSA) is 78.8 Å². The van der Waals surface area contributed by atoms with E-state index in [1.54, 1.807) is 0 Å². The number of aliphatic imine (C=N–C) groups is 1. The van der Waals surface area contributed by atoms with Gasteiger partial charge in [0.1, 0.15) is 6.17 Å². The second kappa shape index (κ2) is 3.51. The maximum atomic E-state index is 12.7. The maximum absolute atomic E-state index is 12.7. The normalized spacial score (nSPS) is 23.3. The Morgan fingerprint density at radius 3 is 2.81 bits per heavy atom. The van der Waals surface area contributed by atoms with Crippen molar-refractivity contribution in [2.24, 2.45) is 4.99 Å². The number of carbonyl (C=O) groups excluding carboxylic acids is 1. The Bertz CT molecular complexity index is 465. The average Bonchev–Trinajstić information content (AvgIpc) is 2.58. The van der Waals surface area contributed by atoms with Crippen LogP contribution < -0.4 is 5.32 Å². The number of halogens is 2. The largest absolute Gasteiger partial charge is 0.477 e. The lowest BCUT2D eigenvalue weighted by molar-refractivity contribution is -0.129. The number of ketones is 1. The van der Waals surface area contributed by atoms with Gasteiger partial charge in [0.05, 0.1) is 11.1 Å². The summed E-state index contributed by atoms with van der Waals surface area (Å²) in [6.07, 6.45) is -1.72. The fourth-order valence-corrected chi connectivity index (χ4v) is 1.62. The van der Waals surface area contributed by atoms with Gasteiger partial charge in [-0.25, -0.2) is 18.6 Å². The predicted molar refractivity (Wildman–Crippen MR) is 49.2 cm³/mol. The van der Waals surface area contributed by atoms with Gasteiger partial charge in [-0.15, -0.1) is 0 Å². The minimum atomic E-state index is -3.04. The fourth-order valence-electron chi connectivity index (χ4n) is 1.62. The van der Waals surface area contributed by atoms with Gasteiger partial charge >= 0.3 is 5.97 Å². The molecular formula is C9H6F2N2O3. The molecule has 0 saturated carbocycles. The second-order valence-corrected chi connectivity index (χ2v) is 3.18. The number of hydrogen-bond donors (Lipinski definition) is 2. The Balaban J connectivity index is 2.56. The number of carbonyl (C=O) groups is 2. The molecule has 0 fully saturated rings. The first-order valence-corrected chi connectivity index (χ1v) is 4.33. The highest BCUT2D eigenvalue weighted by atomic mass is 19.3. The van der Waals surface area contributed by atoms with Gasteiger partial charge in [0.15, 0.2) is 11.5 Å². The summed E-state index contributed by atoms with van der Waals surface area (Å²) >= 11 is 0. The molecule has 1 unspecified atom stereocenters. The van der Waals surface area contributed by atoms with Crippen molar-refractivity contribution in [3.63, 3.8) is 0 Å². The zero-order valence-electron chi connectivity index (χ0n) is 7.78. The standard InChI is InChI=1S/C9H6F2N2O3/c10-7(11)5-4-3(14)1-2-12-8(4)13-6(5)9(15)16/h1-2,7-8,12H,(H,15,16). The molecule has 2 N–H and O–H groups in total. The van der Waals surface area contributed by atoms with E-state index in [1.165, 1.54) is 6.20 Å². The Labute approximate surface area is 88.2 Å². The number of allylic oxidation sites excluding steroid dienone is 1. The number of rotatable bonds is 2. The van der Waals surface area contributed by atoms with E-state index in [9.17, 15) is 18.4 Å². The van der Waals surface area contributed by atoms with Crippen molar-refractivity contribution in [2.45, 2.75) is 12.6 Å². The van der Waals surface area contributed by atoms with Crippen molar-refractivity contribution in [1.82, 2.24) is 5.32 Å². The van der Waals surface area contributed by atoms with Crippen LogP contribution in [0.1, 0.15) is 0 Å². The molecule has 0 saturated heterocycles. The molecule has 0 bridgehead atoms. The van der Waals surface area contributed by atoms with Gasteiger partial charge in [-0.3, -0.25) is 4.79 Å². The van der Waals surface area contributed by atoms with E-state index < -0.39 is 35.6 Å². The molecule has 0 aliphatic carbocycles. The molecule has 0 amide bonds. The molecule has 84 valence electrons. The van der Waals surface area contributed by atoms with E-state index in [-0.39, 0.29) is 5.57 Å². The lowest BCUT2D eigenvalue weighted by Gasteiger charge is -2.15. The van der Waals surface area contributed by atoms with Crippen molar-refractivity contribution in [1.29, 1.82) is 0 Å². The number of carboxylic acids is 1. The smallest absolute Gasteiger partial charge is 0.354 e. The molecule has 1 atom stereocenters. The summed E-state index contributed by atoms with van der Waals surface area (Å²) in [5, 5.41) is 11.2. The zero-order valence-corrected chi connectivity index (χ0v) is 7.78. The van der Waals surface area contributed by atoms with Gasteiger partial charge in [-0.2, -0.15) is 0 Å². The van der Waals surface area contributed by atoms with Gasteiger partial charge in [0.2, 0.25) is 0 Å². The van der Waals surface area contributed by atoms with Crippen LogP contribution in [0.2, 0.25) is 0 Å². The third kappa shape index (κ3) is 1.40. The van der Waals surface area contributed by atoms with Crippen LogP contribution in [0.3, 0.4) is 0 Å². The molecule has 2 rings (SSSR count). The zero-order chi connectivity index (χ0) is 11.9. The minimum absolute atomic E-state index is 0.282. The molecule has 7 heteroatoms. The van der Waals surface area contributed by atoms with Crippen molar-refractivity contribution >= 4 is 17.5 Å². The Morgan fingerprint density at radius 1 is 1.56 bits per heavy atom. The average molecular weight is 228 g/mol. The van der Waals surface area contributed by atoms with Gasteiger partial charge in [-0.05, 0) is 0 Å². The van der Waals surface area contributed by atoms with E-state index in [2.05, 4.69) is 10.3 Å². The first-order chi connectivity index (χ1) is 7.52. The van der Waals surface area contributed by atoms with Crippen LogP contribution in [-0.2, 0) is 9.59 Å². The van der Waals surface area contributed by atoms with Crippen LogP contribution in [0.25, 0.3) is 0 Å². The first kappa shape index (κ1) is 10.5. The van der Waals surface area contributed by atoms with Crippen molar-refractivity contribution in [3.8, 4) is 0 Å². The molecule has 2 heterocycles. The number of nitrogens with zero attached hydrogens (tertiary/aromatic N) is 1. The van der Waals surface area contributed by atoms with Crippen molar-refractivity contribution < 1.29 is 23.5 Å². The molecule has 0 aromatic heterocycles. The third-order valence-electron chi connectivity index (χ3n) is 2.25. The number of alkyl halides is 2. The molecule has 5 nitrogen and oxygen atoms in total. The van der Waals surface area contributed by atoms with Crippen LogP contribution >= 0.6 is 0 Å². The quantitative estimate of drug-likeness (QED) is 0.702. The van der Waals surface area contributed by atoms with Crippen LogP contribution in [-0.4, -0.2) is 35.2 Å². The summed E-state index contributed by atoms with van der Waals surface area (Å²) in [6.45, 7) is 0. The lowest BCUT2D eigenvalue weighted by atomic mass is 9.99. The van der Waals surface area contributed by atoms with Gasteiger partial charge in [0.25, 0.3) is 6.43 Å². The van der Waals surface area contributed by atoms with Crippen molar-refractivity contribution in [3.05, 3.63) is 23.4 Å². The first-order valence-electron chi connectivity index (χ1n) is 4.33. The highest BCUT2D eigenvalue weighted by molar-refractivity contribution is 6.45. The summed E-state index contributed by atoms with van der Waals surface area (Å²) in [7, 11) is 0. The van der Waals surface area contributed by atoms with Gasteiger partial charge in [-0.1, -0.05) is 0 Å². The fraction of sp³-hybridized carbons (Fsp3) is 0.222. The Morgan fingerprint density at radius 2 is 2.25 bits per heavy atom. The summed E-state index contributed by atoms with van der Waals surface area (Å²) in [6, 6.07) is 0. The van der Waals surface area contributed by atoms with E-state index in [4.69, 9.17) is 5.11 Å². The number of nitrogens with one attached hydrogen (secondary N) is 1. The number of hydrogen-bond acceptors (Lipinski definition) is 4. The second-order valence-electron chi connectivity index (χ2n) is 3.18. The van der Waals surface area contributed by atoms with E-state index in [1.807, 2.05) is 0 Å². The van der Waals surface area contributed by atoms with Gasteiger partial charge in [0, 0.05) is 12.3 Å². The molecular weight excluding hydrogens is 222 g/mol. The number of fused-ring (bicyclic) bond motifs is 1. The Hall–Kier alpha value is -2.05. The summed E-state index contributed by atoms with van der Waals surface area (Å²) in [5.41, 5.74) is -1.83. The minimum Gasteiger partial charge on any atom is -0.477 e. The molecule has 0 radical (unpaired) electrons. The summed E-state index contributed by atoms with van der Waals surface area (Å²) in [5.74, 6) is -2.20. The van der Waals surface area contributed by atoms with E-state index in [0.717, 1.165) is 6.08 Å². The number of carboxylic acid groups (broad SMARTS) is 1. The van der Waals surface area contributed by atoms with E-state index >= 15 is 0 Å². The maximum Gasteiger partial charge on any atom is 0.354 e. The molecule has 0 aromatic carbocycles. The van der Waals surface area contributed by atoms with Gasteiger partial charge < -0.3 is 10.4 Å². The monoisotopic (exact) mass is 228 g/mol. The molecule has 2 aliphatic heterocycles. The highest BCUT2D eigenvalue weighted by Gasteiger charge is 2.39. The Kier molecular flexibility index (Phi) is 2.30. The summed E-state index contributed by atoms with van der Waals surface area (Å²) in [4.78, 5) is 25.6. The highest BCUT2D eigenvalue weighted by Crippen LogP contribution is 2.28. The third-order valence-corrected chi connectivity index (χ3v) is 2.25. The van der Waals surface area contributed by atoms with Crippen LogP contribution in [0.15, 0.2) is 28.4 Å². The molecule has 16 heavy (non-hydrogen) atoms. The van der Waals surface area contributed by atoms with Crippen molar-refractivity contribution in [2.75, 3.05) is 0 Å².